The Morgan fingerprint density at radius 3 is 2.68 bits per heavy atom. The molecule has 0 saturated carbocycles. The predicted molar refractivity (Wildman–Crippen MR) is 112 cm³/mol. The van der Waals surface area contributed by atoms with Gasteiger partial charge in [0.1, 0.15) is 12.4 Å². The minimum absolute atomic E-state index is 0.0898. The van der Waals surface area contributed by atoms with Gasteiger partial charge in [-0.25, -0.2) is 4.39 Å². The van der Waals surface area contributed by atoms with E-state index in [1.165, 1.54) is 24.1 Å². The smallest absolute Gasteiger partial charge is 0.127 e. The van der Waals surface area contributed by atoms with Crippen LogP contribution in [0.15, 0.2) is 36.4 Å². The van der Waals surface area contributed by atoms with E-state index in [-0.39, 0.29) is 12.4 Å². The molecule has 0 amide bonds. The molecule has 1 spiro atoms. The molecule has 2 fully saturated rings. The van der Waals surface area contributed by atoms with E-state index in [9.17, 15) is 4.39 Å². The maximum Gasteiger partial charge on any atom is 0.127 e. The Morgan fingerprint density at radius 1 is 1.04 bits per heavy atom. The van der Waals surface area contributed by atoms with Gasteiger partial charge in [0.15, 0.2) is 0 Å². The zero-order valence-corrected chi connectivity index (χ0v) is 17.0. The summed E-state index contributed by atoms with van der Waals surface area (Å²) in [5.74, 6) is 5.62. The molecule has 1 aromatic carbocycles. The molecule has 0 bridgehead atoms. The third-order valence-electron chi connectivity index (χ3n) is 5.94. The molecule has 3 heterocycles. The Balaban J connectivity index is 1.35. The number of hydrogen-bond donors (Lipinski definition) is 1. The Morgan fingerprint density at radius 2 is 1.86 bits per heavy atom. The molecule has 2 saturated heterocycles. The second-order valence-corrected chi connectivity index (χ2v) is 9.26. The number of hydrogen-bond acceptors (Lipinski definition) is 4. The van der Waals surface area contributed by atoms with Crippen LogP contribution in [0.4, 0.5) is 4.39 Å². The SMILES string of the molecule is OCC#Cc1ccc(CN2CCC3(CCCN(Cc4ccccc4F)C3)C2)s1. The van der Waals surface area contributed by atoms with Gasteiger partial charge in [0.05, 0.1) is 4.88 Å². The third-order valence-corrected chi connectivity index (χ3v) is 6.93. The molecule has 2 aromatic rings. The monoisotopic (exact) mass is 398 g/mol. The number of piperidine rings is 1. The van der Waals surface area contributed by atoms with Gasteiger partial charge in [-0.1, -0.05) is 30.0 Å². The van der Waals surface area contributed by atoms with Crippen LogP contribution in [0.2, 0.25) is 0 Å². The average molecular weight is 399 g/mol. The lowest BCUT2D eigenvalue weighted by Gasteiger charge is -2.40. The van der Waals surface area contributed by atoms with Gasteiger partial charge in [0.25, 0.3) is 0 Å². The Kier molecular flexibility index (Phi) is 6.13. The molecule has 148 valence electrons. The highest BCUT2D eigenvalue weighted by Gasteiger charge is 2.41. The van der Waals surface area contributed by atoms with Gasteiger partial charge >= 0.3 is 0 Å². The molecule has 2 aliphatic rings. The molecule has 4 rings (SSSR count). The summed E-state index contributed by atoms with van der Waals surface area (Å²) in [6, 6.07) is 11.4. The zero-order valence-electron chi connectivity index (χ0n) is 16.2. The summed E-state index contributed by atoms with van der Waals surface area (Å²) in [6.07, 6.45) is 3.69. The van der Waals surface area contributed by atoms with Crippen molar-refractivity contribution in [2.45, 2.75) is 32.4 Å². The van der Waals surface area contributed by atoms with Crippen LogP contribution >= 0.6 is 11.3 Å². The summed E-state index contributed by atoms with van der Waals surface area (Å²) in [5.41, 5.74) is 1.16. The normalized spacial score (nSPS) is 23.1. The summed E-state index contributed by atoms with van der Waals surface area (Å²) in [5, 5.41) is 8.83. The van der Waals surface area contributed by atoms with Crippen molar-refractivity contribution < 1.29 is 9.50 Å². The lowest BCUT2D eigenvalue weighted by Crippen LogP contribution is -2.44. The van der Waals surface area contributed by atoms with Gasteiger partial charge in [0.2, 0.25) is 0 Å². The fourth-order valence-corrected chi connectivity index (χ4v) is 5.61. The van der Waals surface area contributed by atoms with Gasteiger partial charge in [-0.15, -0.1) is 11.3 Å². The molecule has 1 atom stereocenters. The van der Waals surface area contributed by atoms with Gasteiger partial charge in [-0.3, -0.25) is 9.80 Å². The molecular weight excluding hydrogens is 371 g/mol. The molecule has 3 nitrogen and oxygen atoms in total. The molecule has 0 aliphatic carbocycles. The molecule has 1 unspecified atom stereocenters. The maximum atomic E-state index is 14.0. The highest BCUT2D eigenvalue weighted by atomic mass is 32.1. The van der Waals surface area contributed by atoms with Crippen molar-refractivity contribution in [2.24, 2.45) is 5.41 Å². The van der Waals surface area contributed by atoms with E-state index in [2.05, 4.69) is 27.7 Å². The van der Waals surface area contributed by atoms with Crippen LogP contribution in [-0.4, -0.2) is 47.7 Å². The summed E-state index contributed by atoms with van der Waals surface area (Å²) in [4.78, 5) is 7.35. The van der Waals surface area contributed by atoms with Crippen LogP contribution in [0.5, 0.6) is 0 Å². The minimum Gasteiger partial charge on any atom is -0.384 e. The number of rotatable bonds is 4. The number of aliphatic hydroxyl groups excluding tert-OH is 1. The van der Waals surface area contributed by atoms with E-state index in [0.29, 0.717) is 12.0 Å². The van der Waals surface area contributed by atoms with Crippen molar-refractivity contribution in [3.8, 4) is 11.8 Å². The van der Waals surface area contributed by atoms with Gasteiger partial charge < -0.3 is 5.11 Å². The van der Waals surface area contributed by atoms with Crippen molar-refractivity contribution in [1.29, 1.82) is 0 Å². The van der Waals surface area contributed by atoms with Crippen LogP contribution in [0.1, 0.15) is 34.6 Å². The summed E-state index contributed by atoms with van der Waals surface area (Å²) < 4.78 is 14.0. The first kappa shape index (κ1) is 19.6. The number of thiophene rings is 1. The maximum absolute atomic E-state index is 14.0. The van der Waals surface area contributed by atoms with Crippen LogP contribution in [0.25, 0.3) is 0 Å². The summed E-state index contributed by atoms with van der Waals surface area (Å²) >= 11 is 1.72. The van der Waals surface area contributed by atoms with E-state index in [4.69, 9.17) is 5.11 Å². The first-order valence-electron chi connectivity index (χ1n) is 10.0. The zero-order chi connectivity index (χ0) is 19.4. The van der Waals surface area contributed by atoms with Crippen molar-refractivity contribution >= 4 is 11.3 Å². The predicted octanol–water partition coefficient (Wildman–Crippen LogP) is 3.72. The lowest BCUT2D eigenvalue weighted by atomic mass is 9.79. The van der Waals surface area contributed by atoms with E-state index < -0.39 is 0 Å². The Hall–Kier alpha value is -1.71. The van der Waals surface area contributed by atoms with Crippen LogP contribution in [0, 0.1) is 23.1 Å². The number of benzene rings is 1. The first-order valence-corrected chi connectivity index (χ1v) is 10.8. The van der Waals surface area contributed by atoms with E-state index in [1.807, 2.05) is 18.2 Å². The standard InChI is InChI=1S/C23H27FN2OS/c24-22-7-2-1-5-19(22)15-25-12-4-10-23(17-25)11-13-26(18-23)16-21-9-8-20(28-21)6-3-14-27/h1-2,5,7-9,27H,4,10-18H2. The molecule has 1 aromatic heterocycles. The van der Waals surface area contributed by atoms with Crippen molar-refractivity contribution in [3.05, 3.63) is 57.5 Å². The van der Waals surface area contributed by atoms with Gasteiger partial charge in [0, 0.05) is 36.6 Å². The third kappa shape index (κ3) is 4.64. The minimum atomic E-state index is -0.0920. The summed E-state index contributed by atoms with van der Waals surface area (Å²) in [7, 11) is 0. The van der Waals surface area contributed by atoms with Crippen molar-refractivity contribution in [2.75, 3.05) is 32.8 Å². The van der Waals surface area contributed by atoms with Gasteiger partial charge in [-0.05, 0) is 56.0 Å². The largest absolute Gasteiger partial charge is 0.384 e. The molecular formula is C23H27FN2OS. The molecule has 2 aliphatic heterocycles. The number of aliphatic hydroxyl groups is 1. The van der Waals surface area contributed by atoms with Gasteiger partial charge in [-0.2, -0.15) is 0 Å². The fraction of sp³-hybridized carbons (Fsp3) is 0.478. The highest BCUT2D eigenvalue weighted by Crippen LogP contribution is 2.40. The van der Waals surface area contributed by atoms with Crippen molar-refractivity contribution in [3.63, 3.8) is 0 Å². The Labute approximate surface area is 170 Å². The summed E-state index contributed by atoms with van der Waals surface area (Å²) in [6.45, 7) is 5.97. The number of likely N-dealkylation sites (tertiary alicyclic amines) is 2. The first-order chi connectivity index (χ1) is 13.7. The average Bonchev–Trinajstić information content (AvgIpc) is 3.29. The highest BCUT2D eigenvalue weighted by molar-refractivity contribution is 7.12. The van der Waals surface area contributed by atoms with Crippen LogP contribution in [-0.2, 0) is 13.1 Å². The molecule has 28 heavy (non-hydrogen) atoms. The lowest BCUT2D eigenvalue weighted by molar-refractivity contribution is 0.0859. The van der Waals surface area contributed by atoms with Crippen molar-refractivity contribution in [1.82, 2.24) is 9.80 Å². The number of nitrogens with zero attached hydrogens (tertiary/aromatic N) is 2. The topological polar surface area (TPSA) is 26.7 Å². The van der Waals surface area contributed by atoms with Crippen LogP contribution < -0.4 is 0 Å². The van der Waals surface area contributed by atoms with E-state index in [0.717, 1.165) is 43.2 Å². The second kappa shape index (κ2) is 8.75. The molecule has 5 heteroatoms. The molecule has 1 N–H and O–H groups in total. The molecule has 0 radical (unpaired) electrons. The van der Waals surface area contributed by atoms with Crippen LogP contribution in [0.3, 0.4) is 0 Å². The second-order valence-electron chi connectivity index (χ2n) is 8.09. The van der Waals surface area contributed by atoms with E-state index >= 15 is 0 Å². The number of halogens is 1. The Bertz CT molecular complexity index is 871. The van der Waals surface area contributed by atoms with E-state index in [1.54, 1.807) is 23.5 Å². The fourth-order valence-electron chi connectivity index (χ4n) is 4.69. The quantitative estimate of drug-likeness (QED) is 0.796.